The molecule has 0 bridgehead atoms. The largest absolute Gasteiger partial charge is 0.274 e. The Morgan fingerprint density at radius 2 is 1.85 bits per heavy atom. The monoisotopic (exact) mass is 312 g/mol. The van der Waals surface area contributed by atoms with Crippen molar-refractivity contribution in [3.8, 4) is 0 Å². The van der Waals surface area contributed by atoms with E-state index in [1.54, 1.807) is 0 Å². The van der Waals surface area contributed by atoms with Crippen LogP contribution < -0.4 is 0 Å². The van der Waals surface area contributed by atoms with Gasteiger partial charge < -0.3 is 0 Å². The molecule has 0 spiro atoms. The minimum Gasteiger partial charge on any atom is -0.274 e. The Kier molecular flexibility index (Phi) is 10.1. The second kappa shape index (κ2) is 10.3. The Bertz CT molecular complexity index is 378. The topological polar surface area (TPSA) is 17.1 Å². The fraction of sp³-hybridized carbons (Fsp3) is 0.588. The Morgan fingerprint density at radius 3 is 2.35 bits per heavy atom. The van der Waals surface area contributed by atoms with Gasteiger partial charge in [0.1, 0.15) is 0 Å². The summed E-state index contributed by atoms with van der Waals surface area (Å²) in [6.45, 7) is 12.4. The van der Waals surface area contributed by atoms with Crippen LogP contribution in [0.25, 0.3) is 0 Å². The summed E-state index contributed by atoms with van der Waals surface area (Å²) in [6.07, 6.45) is 12.5. The van der Waals surface area contributed by atoms with Gasteiger partial charge in [-0.1, -0.05) is 52.9 Å². The lowest BCUT2D eigenvalue weighted by Crippen LogP contribution is -2.17. The number of thioether (sulfide) groups is 2. The van der Waals surface area contributed by atoms with Gasteiger partial charge in [-0.2, -0.15) is 0 Å². The van der Waals surface area contributed by atoms with Gasteiger partial charge in [-0.25, -0.2) is 0 Å². The number of allylic oxidation sites excluding steroid dienone is 4. The average molecular weight is 313 g/mol. The summed E-state index contributed by atoms with van der Waals surface area (Å²) in [4.78, 5) is 11.5. The lowest BCUT2D eigenvalue weighted by Gasteiger charge is -2.22. The zero-order chi connectivity index (χ0) is 15.6. The van der Waals surface area contributed by atoms with Gasteiger partial charge in [0.25, 0.3) is 0 Å². The van der Waals surface area contributed by atoms with Crippen LogP contribution in [-0.4, -0.2) is 15.5 Å². The Hall–Kier alpha value is -0.410. The maximum absolute atomic E-state index is 11.5. The molecule has 0 saturated carbocycles. The van der Waals surface area contributed by atoms with Crippen LogP contribution >= 0.6 is 23.5 Å². The third-order valence-corrected chi connectivity index (χ3v) is 5.23. The Morgan fingerprint density at radius 1 is 1.20 bits per heavy atom. The van der Waals surface area contributed by atoms with Gasteiger partial charge in [0.15, 0.2) is 0 Å². The van der Waals surface area contributed by atoms with E-state index >= 15 is 0 Å². The molecule has 0 amide bonds. The van der Waals surface area contributed by atoms with Crippen molar-refractivity contribution in [1.29, 1.82) is 0 Å². The molecule has 0 aromatic rings. The summed E-state index contributed by atoms with van der Waals surface area (Å²) < 4.78 is 0.00760. The summed E-state index contributed by atoms with van der Waals surface area (Å²) in [5.74, 6) is 0. The average Bonchev–Trinajstić information content (AvgIpc) is 2.38. The first kappa shape index (κ1) is 19.6. The Balaban J connectivity index is 4.26. The normalized spacial score (nSPS) is 14.6. The van der Waals surface area contributed by atoms with Crippen molar-refractivity contribution in [2.45, 2.75) is 58.1 Å². The molecule has 0 aliphatic heterocycles. The van der Waals surface area contributed by atoms with Gasteiger partial charge in [0.05, 0.1) is 0 Å². The van der Waals surface area contributed by atoms with Crippen LogP contribution in [0.2, 0.25) is 0 Å². The smallest absolute Gasteiger partial charge is 0.246 e. The van der Waals surface area contributed by atoms with Crippen molar-refractivity contribution >= 4 is 28.0 Å². The van der Waals surface area contributed by atoms with Gasteiger partial charge >= 0.3 is 0 Å². The molecule has 20 heavy (non-hydrogen) atoms. The van der Waals surface area contributed by atoms with Gasteiger partial charge in [0, 0.05) is 4.75 Å². The van der Waals surface area contributed by atoms with E-state index in [0.29, 0.717) is 0 Å². The number of rotatable bonds is 8. The third-order valence-electron chi connectivity index (χ3n) is 3.14. The molecule has 0 radical (unpaired) electrons. The molecule has 3 heteroatoms. The molecule has 0 heterocycles. The van der Waals surface area contributed by atoms with Crippen LogP contribution in [-0.2, 0) is 0 Å². The van der Waals surface area contributed by atoms with Crippen molar-refractivity contribution in [3.05, 3.63) is 36.0 Å². The predicted octanol–water partition coefficient (Wildman–Crippen LogP) is 6.62. The van der Waals surface area contributed by atoms with Gasteiger partial charge in [-0.3, -0.25) is 4.79 Å². The van der Waals surface area contributed by atoms with E-state index in [-0.39, 0.29) is 9.19 Å². The maximum Gasteiger partial charge on any atom is 0.246 e. The van der Waals surface area contributed by atoms with E-state index in [0.717, 1.165) is 25.7 Å². The number of carbonyl (C=O) groups excluding carboxylic acids is 1. The summed E-state index contributed by atoms with van der Waals surface area (Å²) in [5, 5.41) is 0. The zero-order valence-electron chi connectivity index (χ0n) is 13.5. The zero-order valence-corrected chi connectivity index (χ0v) is 15.1. The summed E-state index contributed by atoms with van der Waals surface area (Å²) in [6, 6.07) is 0. The Labute approximate surface area is 133 Å². The second-order valence-electron chi connectivity index (χ2n) is 5.48. The van der Waals surface area contributed by atoms with Crippen molar-refractivity contribution in [2.24, 2.45) is 0 Å². The fourth-order valence-corrected chi connectivity index (χ4v) is 3.31. The fourth-order valence-electron chi connectivity index (χ4n) is 1.72. The molecular formula is C17H28OS2. The van der Waals surface area contributed by atoms with Crippen molar-refractivity contribution < 1.29 is 4.79 Å². The van der Waals surface area contributed by atoms with E-state index in [9.17, 15) is 4.79 Å². The molecule has 114 valence electrons. The summed E-state index contributed by atoms with van der Waals surface area (Å²) in [7, 11) is 0. The first-order valence-electron chi connectivity index (χ1n) is 7.02. The lowest BCUT2D eigenvalue weighted by molar-refractivity contribution is 0.276. The number of hydrogen-bond donors (Lipinski definition) is 0. The molecule has 0 fully saturated rings. The van der Waals surface area contributed by atoms with Gasteiger partial charge in [-0.15, -0.1) is 6.58 Å². The van der Waals surface area contributed by atoms with Crippen molar-refractivity contribution in [3.63, 3.8) is 0 Å². The van der Waals surface area contributed by atoms with Crippen molar-refractivity contribution in [1.82, 2.24) is 0 Å². The molecular weight excluding hydrogens is 284 g/mol. The molecule has 1 unspecified atom stereocenters. The van der Waals surface area contributed by atoms with Crippen LogP contribution in [0.15, 0.2) is 36.0 Å². The first-order chi connectivity index (χ1) is 9.33. The SMILES string of the molecule is C=CC(C)(CC/C=C(\C)CCC=C(C)C)SC(=O)SC. The van der Waals surface area contributed by atoms with E-state index in [2.05, 4.69) is 46.4 Å². The van der Waals surface area contributed by atoms with E-state index in [1.807, 2.05) is 12.3 Å². The second-order valence-corrected chi connectivity index (χ2v) is 8.03. The van der Waals surface area contributed by atoms with E-state index < -0.39 is 0 Å². The van der Waals surface area contributed by atoms with Gasteiger partial charge in [-0.05, 0) is 59.6 Å². The number of hydrogen-bond acceptors (Lipinski definition) is 3. The molecule has 0 aliphatic rings. The van der Waals surface area contributed by atoms with Crippen LogP contribution in [0.1, 0.15) is 53.4 Å². The van der Waals surface area contributed by atoms with Gasteiger partial charge in [0.2, 0.25) is 4.45 Å². The molecule has 1 atom stereocenters. The standard InChI is InChI=1S/C17H28OS2/c1-7-17(5,20-16(18)19-6)13-9-12-15(4)11-8-10-14(2)3/h7,10,12H,1,8-9,11,13H2,2-6H3/b15-12+. The van der Waals surface area contributed by atoms with Crippen molar-refractivity contribution in [2.75, 3.05) is 6.26 Å². The van der Waals surface area contributed by atoms with E-state index in [1.165, 1.54) is 34.7 Å². The summed E-state index contributed by atoms with van der Waals surface area (Å²) in [5.41, 5.74) is 2.80. The minimum absolute atomic E-state index is 0.156. The highest BCUT2D eigenvalue weighted by atomic mass is 32.2. The molecule has 0 rings (SSSR count). The minimum atomic E-state index is -0.156. The highest BCUT2D eigenvalue weighted by Crippen LogP contribution is 2.35. The summed E-state index contributed by atoms with van der Waals surface area (Å²) >= 11 is 2.66. The highest BCUT2D eigenvalue weighted by Gasteiger charge is 2.23. The quantitative estimate of drug-likeness (QED) is 0.469. The van der Waals surface area contributed by atoms with E-state index in [4.69, 9.17) is 0 Å². The van der Waals surface area contributed by atoms with Crippen LogP contribution in [0.5, 0.6) is 0 Å². The van der Waals surface area contributed by atoms with Crippen LogP contribution in [0.3, 0.4) is 0 Å². The highest BCUT2D eigenvalue weighted by molar-refractivity contribution is 8.38. The maximum atomic E-state index is 11.5. The molecule has 0 aromatic carbocycles. The first-order valence-corrected chi connectivity index (χ1v) is 9.06. The molecule has 0 aliphatic carbocycles. The third kappa shape index (κ3) is 9.49. The molecule has 0 aromatic heterocycles. The molecule has 0 N–H and O–H groups in total. The lowest BCUT2D eigenvalue weighted by atomic mass is 10.0. The van der Waals surface area contributed by atoms with Crippen LogP contribution in [0.4, 0.5) is 4.79 Å². The van der Waals surface area contributed by atoms with Crippen LogP contribution in [0, 0.1) is 0 Å². The predicted molar refractivity (Wildman–Crippen MR) is 96.8 cm³/mol. The molecule has 0 saturated heterocycles. The molecule has 1 nitrogen and oxygen atoms in total. The number of carbonyl (C=O) groups is 1.